The highest BCUT2D eigenvalue weighted by atomic mass is 32.1. The summed E-state index contributed by atoms with van der Waals surface area (Å²) in [5, 5.41) is 5.16. The summed E-state index contributed by atoms with van der Waals surface area (Å²) in [7, 11) is 3.36. The van der Waals surface area contributed by atoms with Gasteiger partial charge in [-0.3, -0.25) is 4.79 Å². The lowest BCUT2D eigenvalue weighted by molar-refractivity contribution is -0.127. The maximum absolute atomic E-state index is 14.4. The minimum atomic E-state index is -0.391. The first-order chi connectivity index (χ1) is 18.4. The van der Waals surface area contributed by atoms with Crippen LogP contribution in [-0.2, 0) is 16.1 Å². The molecule has 6 nitrogen and oxygen atoms in total. The largest absolute Gasteiger partial charge is 0.484 e. The van der Waals surface area contributed by atoms with E-state index in [0.717, 1.165) is 41.8 Å². The topological polar surface area (TPSA) is 63.2 Å². The molecule has 0 aliphatic carbocycles. The summed E-state index contributed by atoms with van der Waals surface area (Å²) in [5.41, 5.74) is 2.93. The fraction of sp³-hybridized carbons (Fsp3) is 0.333. The summed E-state index contributed by atoms with van der Waals surface area (Å²) in [5.74, 6) is 0.0186. The Morgan fingerprint density at radius 1 is 1.37 bits per heavy atom. The van der Waals surface area contributed by atoms with Crippen molar-refractivity contribution in [2.75, 3.05) is 27.2 Å². The predicted molar refractivity (Wildman–Crippen MR) is 153 cm³/mol. The molecular weight excluding hydrogens is 501 g/mol. The van der Waals surface area contributed by atoms with Gasteiger partial charge >= 0.3 is 0 Å². The van der Waals surface area contributed by atoms with Crippen LogP contribution in [0, 0.1) is 5.82 Å². The van der Waals surface area contributed by atoms with Crippen molar-refractivity contribution in [1.29, 1.82) is 0 Å². The summed E-state index contributed by atoms with van der Waals surface area (Å²) in [6.45, 7) is 11.2. The third-order valence-electron chi connectivity index (χ3n) is 6.20. The molecule has 0 bridgehead atoms. The molecule has 0 saturated heterocycles. The lowest BCUT2D eigenvalue weighted by atomic mass is 10.0. The average molecular weight is 538 g/mol. The molecule has 0 saturated carbocycles. The highest BCUT2D eigenvalue weighted by Gasteiger charge is 2.24. The van der Waals surface area contributed by atoms with Gasteiger partial charge in [-0.25, -0.2) is 9.38 Å². The molecule has 0 radical (unpaired) electrons. The van der Waals surface area contributed by atoms with Crippen molar-refractivity contribution < 1.29 is 18.7 Å². The molecule has 8 heteroatoms. The molecule has 2 heterocycles. The Morgan fingerprint density at radius 3 is 2.87 bits per heavy atom. The van der Waals surface area contributed by atoms with Crippen molar-refractivity contribution in [2.45, 2.75) is 38.8 Å². The van der Waals surface area contributed by atoms with Gasteiger partial charge in [-0.1, -0.05) is 36.4 Å². The Morgan fingerprint density at radius 2 is 2.18 bits per heavy atom. The summed E-state index contributed by atoms with van der Waals surface area (Å²) >= 11 is 1.60. The zero-order chi connectivity index (χ0) is 27.5. The Kier molecular flexibility index (Phi) is 11.1. The molecule has 2 aromatic rings. The van der Waals surface area contributed by atoms with Gasteiger partial charge in [0.25, 0.3) is 5.91 Å². The van der Waals surface area contributed by atoms with Gasteiger partial charge in [0.2, 0.25) is 5.88 Å². The van der Waals surface area contributed by atoms with Gasteiger partial charge < -0.3 is 19.7 Å². The molecule has 202 valence electrons. The fourth-order valence-electron chi connectivity index (χ4n) is 4.14. The molecule has 3 rings (SSSR count). The minimum absolute atomic E-state index is 0.191. The smallest absolute Gasteiger partial charge is 0.256 e. The third kappa shape index (κ3) is 8.00. The molecular formula is C30H36FN3O3S. The first-order valence-corrected chi connectivity index (χ1v) is 13.5. The molecule has 1 aromatic carbocycles. The average Bonchev–Trinajstić information content (AvgIpc) is 3.46. The molecule has 1 amide bonds. The van der Waals surface area contributed by atoms with Crippen LogP contribution >= 0.6 is 11.3 Å². The van der Waals surface area contributed by atoms with Crippen molar-refractivity contribution >= 4 is 23.5 Å². The van der Waals surface area contributed by atoms with Gasteiger partial charge in [0.1, 0.15) is 17.7 Å². The molecule has 0 fully saturated rings. The van der Waals surface area contributed by atoms with E-state index in [2.05, 4.69) is 23.5 Å². The van der Waals surface area contributed by atoms with Crippen LogP contribution < -0.4 is 10.1 Å². The van der Waals surface area contributed by atoms with Crippen molar-refractivity contribution in [2.24, 2.45) is 4.99 Å². The van der Waals surface area contributed by atoms with E-state index < -0.39 is 5.82 Å². The SMILES string of the molecule is C=CC1=C(\C=N/C(=C)OC)C(=O)N(Cc2ccc(F)cc2O[C@@H](CCNC)c2cccs2)CCC\C(C)=C\1. The van der Waals surface area contributed by atoms with E-state index in [1.54, 1.807) is 28.4 Å². The van der Waals surface area contributed by atoms with Gasteiger partial charge in [-0.05, 0) is 63.0 Å². The van der Waals surface area contributed by atoms with Crippen molar-refractivity contribution in [3.8, 4) is 5.75 Å². The van der Waals surface area contributed by atoms with Gasteiger partial charge in [0.15, 0.2) is 0 Å². The second kappa shape index (κ2) is 14.4. The number of hydrogen-bond donors (Lipinski definition) is 1. The number of nitrogens with one attached hydrogen (secondary N) is 1. The molecule has 0 spiro atoms. The minimum Gasteiger partial charge on any atom is -0.484 e. The lowest BCUT2D eigenvalue weighted by Gasteiger charge is -2.26. The van der Waals surface area contributed by atoms with E-state index in [9.17, 15) is 9.18 Å². The number of allylic oxidation sites excluding steroid dienone is 4. The highest BCUT2D eigenvalue weighted by Crippen LogP contribution is 2.32. The number of hydrogen-bond acceptors (Lipinski definition) is 6. The number of aliphatic imine (C=N–C) groups is 1. The van der Waals surface area contributed by atoms with Crippen LogP contribution in [0.1, 0.15) is 42.7 Å². The second-order valence-electron chi connectivity index (χ2n) is 9.02. The molecule has 1 atom stereocenters. The number of thiophene rings is 1. The van der Waals surface area contributed by atoms with Crippen LogP contribution in [-0.4, -0.2) is 44.3 Å². The molecule has 0 unspecified atom stereocenters. The third-order valence-corrected chi connectivity index (χ3v) is 7.16. The number of methoxy groups -OCH3 is 1. The Labute approximate surface area is 228 Å². The Balaban J connectivity index is 1.97. The van der Waals surface area contributed by atoms with Crippen molar-refractivity contribution in [3.05, 3.63) is 99.9 Å². The Bertz CT molecular complexity index is 1220. The van der Waals surface area contributed by atoms with E-state index in [-0.39, 0.29) is 24.4 Å². The van der Waals surface area contributed by atoms with Crippen LogP contribution in [0.2, 0.25) is 0 Å². The summed E-state index contributed by atoms with van der Waals surface area (Å²) in [4.78, 5) is 20.9. The van der Waals surface area contributed by atoms with Gasteiger partial charge in [0, 0.05) is 42.2 Å². The van der Waals surface area contributed by atoms with Crippen LogP contribution in [0.3, 0.4) is 0 Å². The number of nitrogens with zero attached hydrogens (tertiary/aromatic N) is 2. The molecule has 1 aliphatic rings. The maximum Gasteiger partial charge on any atom is 0.256 e. The highest BCUT2D eigenvalue weighted by molar-refractivity contribution is 7.10. The number of ether oxygens (including phenoxy) is 2. The zero-order valence-corrected chi connectivity index (χ0v) is 23.2. The first kappa shape index (κ1) is 29.1. The predicted octanol–water partition coefficient (Wildman–Crippen LogP) is 6.36. The van der Waals surface area contributed by atoms with Crippen molar-refractivity contribution in [1.82, 2.24) is 10.2 Å². The summed E-state index contributed by atoms with van der Waals surface area (Å²) in [6.07, 6.45) is 7.18. The van der Waals surface area contributed by atoms with Gasteiger partial charge in [-0.2, -0.15) is 0 Å². The van der Waals surface area contributed by atoms with E-state index in [0.29, 0.717) is 23.4 Å². The van der Waals surface area contributed by atoms with Gasteiger partial charge in [0.05, 0.1) is 12.7 Å². The molecule has 1 aliphatic heterocycles. The lowest BCUT2D eigenvalue weighted by Crippen LogP contribution is -2.33. The molecule has 1 aromatic heterocycles. The van der Waals surface area contributed by atoms with Gasteiger partial charge in [-0.15, -0.1) is 11.3 Å². The van der Waals surface area contributed by atoms with Crippen LogP contribution in [0.4, 0.5) is 4.39 Å². The zero-order valence-electron chi connectivity index (χ0n) is 22.3. The summed E-state index contributed by atoms with van der Waals surface area (Å²) in [6, 6.07) is 8.49. The Hall–Kier alpha value is -3.49. The number of carbonyl (C=O) groups is 1. The number of rotatable bonds is 12. The van der Waals surface area contributed by atoms with E-state index >= 15 is 0 Å². The van der Waals surface area contributed by atoms with E-state index in [1.807, 2.05) is 37.6 Å². The molecule has 1 N–H and O–H groups in total. The summed E-state index contributed by atoms with van der Waals surface area (Å²) < 4.78 is 25.9. The van der Waals surface area contributed by atoms with E-state index in [4.69, 9.17) is 9.47 Å². The van der Waals surface area contributed by atoms with Crippen LogP contribution in [0.15, 0.2) is 88.6 Å². The number of carbonyl (C=O) groups excluding carboxylic acids is 1. The van der Waals surface area contributed by atoms with E-state index in [1.165, 1.54) is 25.5 Å². The normalized spacial score (nSPS) is 18.8. The number of benzene rings is 1. The monoisotopic (exact) mass is 537 g/mol. The number of amides is 1. The maximum atomic E-state index is 14.4. The molecule has 38 heavy (non-hydrogen) atoms. The first-order valence-electron chi connectivity index (χ1n) is 12.6. The van der Waals surface area contributed by atoms with Crippen LogP contribution in [0.5, 0.6) is 5.75 Å². The fourth-order valence-corrected chi connectivity index (χ4v) is 4.92. The number of halogens is 1. The van der Waals surface area contributed by atoms with Crippen molar-refractivity contribution in [3.63, 3.8) is 0 Å². The quantitative estimate of drug-likeness (QED) is 0.253. The van der Waals surface area contributed by atoms with Crippen LogP contribution in [0.25, 0.3) is 0 Å². The standard InChI is InChI=1S/C30H36FN3O3S/c1-6-23-17-21(2)9-7-15-34(30(35)26(23)19-33-22(3)36-5)20-24-11-12-25(31)18-28(24)37-27(13-14-32-4)29-10-8-16-38-29/h6,8,10-12,16-19,27,32H,1,3,7,9,13-15,20H2,2,4-5H3/b21-17+,26-23-,33-19-/t27-/m0/s1. The second-order valence-corrected chi connectivity index (χ2v) is 10.00.